The largest absolute Gasteiger partial charge is 0.454 e. The second-order valence-corrected chi connectivity index (χ2v) is 9.40. The highest BCUT2D eigenvalue weighted by atomic mass is 79.9. The molecule has 0 aromatic heterocycles. The predicted octanol–water partition coefficient (Wildman–Crippen LogP) is 4.57. The Morgan fingerprint density at radius 1 is 1.10 bits per heavy atom. The molecule has 1 N–H and O–H groups in total. The molecule has 6 nitrogen and oxygen atoms in total. The van der Waals surface area contributed by atoms with Gasteiger partial charge in [0.05, 0.1) is 16.8 Å². The minimum Gasteiger partial charge on any atom is -0.454 e. The monoisotopic (exact) mass is 468 g/mol. The van der Waals surface area contributed by atoms with Crippen LogP contribution < -0.4 is 14.8 Å². The lowest BCUT2D eigenvalue weighted by Crippen LogP contribution is -2.38. The van der Waals surface area contributed by atoms with Crippen molar-refractivity contribution in [1.82, 2.24) is 4.90 Å². The van der Waals surface area contributed by atoms with Gasteiger partial charge in [0.1, 0.15) is 0 Å². The SMILES string of the molecule is O=C(Nc1cccc2c1C(=O)N(C(C1CC1)C1CC1)C2)c1c(Br)ccc2c1OCO2. The summed E-state index contributed by atoms with van der Waals surface area (Å²) >= 11 is 3.44. The van der Waals surface area contributed by atoms with Crippen LogP contribution >= 0.6 is 15.9 Å². The lowest BCUT2D eigenvalue weighted by atomic mass is 10.1. The maximum atomic E-state index is 13.4. The number of nitrogens with one attached hydrogen (secondary N) is 1. The number of rotatable bonds is 5. The molecule has 7 heteroatoms. The molecule has 0 radical (unpaired) electrons. The van der Waals surface area contributed by atoms with Gasteiger partial charge in [0, 0.05) is 17.1 Å². The summed E-state index contributed by atoms with van der Waals surface area (Å²) in [5.74, 6) is 1.97. The molecule has 4 aliphatic rings. The van der Waals surface area contributed by atoms with Crippen LogP contribution in [0.2, 0.25) is 0 Å². The van der Waals surface area contributed by atoms with Crippen LogP contribution in [0.5, 0.6) is 11.5 Å². The first-order valence-corrected chi connectivity index (χ1v) is 11.2. The van der Waals surface area contributed by atoms with Gasteiger partial charge in [-0.2, -0.15) is 0 Å². The summed E-state index contributed by atoms with van der Waals surface area (Å²) in [6.07, 6.45) is 4.89. The van der Waals surface area contributed by atoms with Crippen LogP contribution in [0.3, 0.4) is 0 Å². The van der Waals surface area contributed by atoms with E-state index in [0.717, 1.165) is 5.56 Å². The number of carbonyl (C=O) groups is 2. The van der Waals surface area contributed by atoms with E-state index in [1.54, 1.807) is 18.2 Å². The molecular weight excluding hydrogens is 448 g/mol. The topological polar surface area (TPSA) is 67.9 Å². The van der Waals surface area contributed by atoms with E-state index in [9.17, 15) is 9.59 Å². The van der Waals surface area contributed by atoms with E-state index >= 15 is 0 Å². The summed E-state index contributed by atoms with van der Waals surface area (Å²) in [4.78, 5) is 28.6. The maximum absolute atomic E-state index is 13.4. The molecule has 6 rings (SSSR count). The van der Waals surface area contributed by atoms with Crippen LogP contribution in [0.4, 0.5) is 5.69 Å². The molecule has 0 atom stereocenters. The second-order valence-electron chi connectivity index (χ2n) is 8.55. The molecule has 2 aliphatic carbocycles. The van der Waals surface area contributed by atoms with Crippen molar-refractivity contribution in [3.63, 3.8) is 0 Å². The lowest BCUT2D eigenvalue weighted by Gasteiger charge is -2.28. The van der Waals surface area contributed by atoms with Crippen molar-refractivity contribution in [2.24, 2.45) is 11.8 Å². The first-order valence-electron chi connectivity index (χ1n) is 10.4. The molecule has 2 aliphatic heterocycles. The summed E-state index contributed by atoms with van der Waals surface area (Å²) in [6.45, 7) is 0.723. The Morgan fingerprint density at radius 2 is 1.87 bits per heavy atom. The third-order valence-electron chi connectivity index (χ3n) is 6.50. The number of hydrogen-bond donors (Lipinski definition) is 1. The van der Waals surface area contributed by atoms with Crippen molar-refractivity contribution in [2.45, 2.75) is 38.3 Å². The molecule has 154 valence electrons. The zero-order valence-corrected chi connectivity index (χ0v) is 17.9. The Morgan fingerprint density at radius 3 is 2.60 bits per heavy atom. The zero-order valence-electron chi connectivity index (χ0n) is 16.3. The lowest BCUT2D eigenvalue weighted by molar-refractivity contribution is 0.0653. The van der Waals surface area contributed by atoms with Crippen molar-refractivity contribution < 1.29 is 19.1 Å². The van der Waals surface area contributed by atoms with Gasteiger partial charge in [-0.05, 0) is 77.2 Å². The third-order valence-corrected chi connectivity index (χ3v) is 7.16. The van der Waals surface area contributed by atoms with Crippen molar-refractivity contribution >= 4 is 33.4 Å². The fourth-order valence-corrected chi connectivity index (χ4v) is 5.33. The zero-order chi connectivity index (χ0) is 20.4. The van der Waals surface area contributed by atoms with Gasteiger partial charge in [-0.15, -0.1) is 0 Å². The number of carbonyl (C=O) groups excluding carboxylic acids is 2. The highest BCUT2D eigenvalue weighted by molar-refractivity contribution is 9.10. The third kappa shape index (κ3) is 2.90. The first kappa shape index (κ1) is 18.2. The summed E-state index contributed by atoms with van der Waals surface area (Å²) in [7, 11) is 0. The molecular formula is C23H21BrN2O4. The predicted molar refractivity (Wildman–Crippen MR) is 114 cm³/mol. The fourth-order valence-electron chi connectivity index (χ4n) is 4.84. The molecule has 2 heterocycles. The van der Waals surface area contributed by atoms with Crippen LogP contribution in [0.25, 0.3) is 0 Å². The van der Waals surface area contributed by atoms with Crippen LogP contribution in [0.15, 0.2) is 34.8 Å². The van der Waals surface area contributed by atoms with Crippen LogP contribution in [-0.2, 0) is 6.54 Å². The molecule has 2 aromatic carbocycles. The minimum atomic E-state index is -0.329. The number of benzene rings is 2. The molecule has 0 bridgehead atoms. The smallest absolute Gasteiger partial charge is 0.260 e. The van der Waals surface area contributed by atoms with Crippen LogP contribution in [0.1, 0.15) is 52.0 Å². The van der Waals surface area contributed by atoms with Crippen molar-refractivity contribution in [1.29, 1.82) is 0 Å². The number of fused-ring (bicyclic) bond motifs is 2. The van der Waals surface area contributed by atoms with E-state index in [-0.39, 0.29) is 18.6 Å². The van der Waals surface area contributed by atoms with E-state index in [0.29, 0.717) is 57.2 Å². The normalized spacial score (nSPS) is 19.4. The van der Waals surface area contributed by atoms with E-state index in [2.05, 4.69) is 26.1 Å². The molecule has 0 saturated heterocycles. The second kappa shape index (κ2) is 6.74. The van der Waals surface area contributed by atoms with Crippen molar-refractivity contribution in [2.75, 3.05) is 12.1 Å². The first-order chi connectivity index (χ1) is 14.6. The highest BCUT2D eigenvalue weighted by Crippen LogP contribution is 2.49. The molecule has 2 amide bonds. The van der Waals surface area contributed by atoms with Gasteiger partial charge in [-0.25, -0.2) is 0 Å². The van der Waals surface area contributed by atoms with Gasteiger partial charge in [-0.3, -0.25) is 9.59 Å². The molecule has 30 heavy (non-hydrogen) atoms. The maximum Gasteiger partial charge on any atom is 0.260 e. The van der Waals surface area contributed by atoms with Gasteiger partial charge >= 0.3 is 0 Å². The molecule has 2 saturated carbocycles. The molecule has 2 aromatic rings. The van der Waals surface area contributed by atoms with Crippen molar-refractivity contribution in [3.8, 4) is 11.5 Å². The van der Waals surface area contributed by atoms with E-state index in [1.165, 1.54) is 25.7 Å². The Balaban J connectivity index is 1.31. The Bertz CT molecular complexity index is 1070. The van der Waals surface area contributed by atoms with E-state index in [1.807, 2.05) is 12.1 Å². The quantitative estimate of drug-likeness (QED) is 0.697. The van der Waals surface area contributed by atoms with E-state index < -0.39 is 0 Å². The van der Waals surface area contributed by atoms with Crippen LogP contribution in [0, 0.1) is 11.8 Å². The molecule has 0 spiro atoms. The Labute approximate surface area is 182 Å². The summed E-state index contributed by atoms with van der Waals surface area (Å²) in [5, 5.41) is 2.96. The number of amides is 2. The van der Waals surface area contributed by atoms with Gasteiger partial charge in [0.2, 0.25) is 6.79 Å². The number of ether oxygens (including phenoxy) is 2. The van der Waals surface area contributed by atoms with Crippen molar-refractivity contribution in [3.05, 3.63) is 51.5 Å². The summed E-state index contributed by atoms with van der Waals surface area (Å²) in [5.41, 5.74) is 2.54. The number of anilines is 1. The Kier molecular flexibility index (Phi) is 4.10. The van der Waals surface area contributed by atoms with Gasteiger partial charge in [0.25, 0.3) is 11.8 Å². The Hall–Kier alpha value is -2.54. The number of nitrogens with zero attached hydrogens (tertiary/aromatic N) is 1. The summed E-state index contributed by atoms with van der Waals surface area (Å²) in [6, 6.07) is 9.58. The highest BCUT2D eigenvalue weighted by Gasteiger charge is 2.48. The minimum absolute atomic E-state index is 0.0432. The van der Waals surface area contributed by atoms with E-state index in [4.69, 9.17) is 9.47 Å². The van der Waals surface area contributed by atoms with Gasteiger partial charge < -0.3 is 19.7 Å². The van der Waals surface area contributed by atoms with Crippen LogP contribution in [-0.4, -0.2) is 29.5 Å². The number of halogens is 1. The van der Waals surface area contributed by atoms with Gasteiger partial charge in [0.15, 0.2) is 11.5 Å². The fraction of sp³-hybridized carbons (Fsp3) is 0.391. The number of hydrogen-bond acceptors (Lipinski definition) is 4. The summed E-state index contributed by atoms with van der Waals surface area (Å²) < 4.78 is 11.5. The molecule has 2 fully saturated rings. The average molecular weight is 469 g/mol. The standard InChI is InChI=1S/C23H21BrN2O4/c24-15-8-9-17-21(30-11-29-17)19(15)22(27)25-16-3-1-2-14-10-26(23(28)18(14)16)20(12-4-5-12)13-6-7-13/h1-3,8-9,12-13,20H,4-7,10-11H2,(H,25,27). The van der Waals surface area contributed by atoms with Gasteiger partial charge in [-0.1, -0.05) is 12.1 Å². The average Bonchev–Trinajstić information content (AvgIpc) is 3.65. The molecule has 0 unspecified atom stereocenters.